The second kappa shape index (κ2) is 6.03. The Hall–Kier alpha value is -2.24. The highest BCUT2D eigenvalue weighted by atomic mass is 35.5. The molecule has 0 radical (unpaired) electrons. The van der Waals surface area contributed by atoms with E-state index in [4.69, 9.17) is 28.3 Å². The third-order valence-corrected chi connectivity index (χ3v) is 3.17. The van der Waals surface area contributed by atoms with Crippen molar-refractivity contribution >= 4 is 40.8 Å². The van der Waals surface area contributed by atoms with Crippen LogP contribution in [-0.2, 0) is 0 Å². The monoisotopic (exact) mass is 325 g/mol. The molecule has 7 heteroatoms. The number of aromatic hydroxyl groups is 1. The SMILES string of the molecule is O=C(Nc1c(Cl)cc(Cl)cc1C(=O)O)c1ccc(O)cc1. The smallest absolute Gasteiger partial charge is 0.337 e. The number of carboxylic acids is 1. The summed E-state index contributed by atoms with van der Waals surface area (Å²) in [6.07, 6.45) is 0. The molecule has 0 aromatic heterocycles. The molecule has 0 atom stereocenters. The second-order valence-corrected chi connectivity index (χ2v) is 4.96. The van der Waals surface area contributed by atoms with Crippen molar-refractivity contribution in [2.24, 2.45) is 0 Å². The number of benzene rings is 2. The Morgan fingerprint density at radius 3 is 2.24 bits per heavy atom. The van der Waals surface area contributed by atoms with Gasteiger partial charge in [0, 0.05) is 10.6 Å². The molecule has 5 nitrogen and oxygen atoms in total. The number of carbonyl (C=O) groups is 2. The van der Waals surface area contributed by atoms with Crippen LogP contribution in [-0.4, -0.2) is 22.1 Å². The average molecular weight is 326 g/mol. The maximum atomic E-state index is 12.1. The molecule has 108 valence electrons. The van der Waals surface area contributed by atoms with Gasteiger partial charge in [0.2, 0.25) is 0 Å². The Labute approximate surface area is 129 Å². The first-order valence-electron chi connectivity index (χ1n) is 5.71. The third-order valence-electron chi connectivity index (χ3n) is 2.65. The molecule has 21 heavy (non-hydrogen) atoms. The molecule has 0 aliphatic heterocycles. The number of anilines is 1. The Kier molecular flexibility index (Phi) is 4.35. The van der Waals surface area contributed by atoms with Gasteiger partial charge in [0.25, 0.3) is 5.91 Å². The van der Waals surface area contributed by atoms with E-state index in [1.54, 1.807) is 0 Å². The average Bonchev–Trinajstić information content (AvgIpc) is 2.41. The molecule has 0 bridgehead atoms. The van der Waals surface area contributed by atoms with Crippen molar-refractivity contribution in [3.63, 3.8) is 0 Å². The molecule has 0 saturated carbocycles. The minimum absolute atomic E-state index is 0.0160. The molecule has 2 aromatic rings. The zero-order valence-corrected chi connectivity index (χ0v) is 11.9. The second-order valence-electron chi connectivity index (χ2n) is 4.12. The van der Waals surface area contributed by atoms with Crippen molar-refractivity contribution in [1.82, 2.24) is 0 Å². The van der Waals surface area contributed by atoms with Crippen LogP contribution in [0.15, 0.2) is 36.4 Å². The summed E-state index contributed by atoms with van der Waals surface area (Å²) in [6.45, 7) is 0. The van der Waals surface area contributed by atoms with Crippen LogP contribution in [0.2, 0.25) is 10.0 Å². The van der Waals surface area contributed by atoms with Gasteiger partial charge in [-0.25, -0.2) is 4.79 Å². The zero-order chi connectivity index (χ0) is 15.6. The molecule has 0 fully saturated rings. The minimum Gasteiger partial charge on any atom is -0.508 e. The molecule has 1 amide bonds. The van der Waals surface area contributed by atoms with Gasteiger partial charge in [-0.05, 0) is 36.4 Å². The van der Waals surface area contributed by atoms with E-state index in [2.05, 4.69) is 5.32 Å². The van der Waals surface area contributed by atoms with Crippen molar-refractivity contribution in [3.05, 3.63) is 57.6 Å². The van der Waals surface area contributed by atoms with Crippen LogP contribution in [0.25, 0.3) is 0 Å². The Morgan fingerprint density at radius 1 is 1.05 bits per heavy atom. The predicted octanol–water partition coefficient (Wildman–Crippen LogP) is 3.65. The van der Waals surface area contributed by atoms with E-state index < -0.39 is 11.9 Å². The van der Waals surface area contributed by atoms with Crippen molar-refractivity contribution < 1.29 is 19.8 Å². The molecule has 0 aliphatic rings. The van der Waals surface area contributed by atoms with Crippen molar-refractivity contribution in [3.8, 4) is 5.75 Å². The lowest BCUT2D eigenvalue weighted by Gasteiger charge is -2.11. The van der Waals surface area contributed by atoms with E-state index in [9.17, 15) is 14.7 Å². The Balaban J connectivity index is 2.37. The highest BCUT2D eigenvalue weighted by Crippen LogP contribution is 2.30. The number of hydrogen-bond donors (Lipinski definition) is 3. The summed E-state index contributed by atoms with van der Waals surface area (Å²) in [4.78, 5) is 23.2. The third kappa shape index (κ3) is 3.45. The number of aromatic carboxylic acids is 1. The van der Waals surface area contributed by atoms with E-state index in [1.165, 1.54) is 36.4 Å². The molecule has 2 aromatic carbocycles. The first-order valence-corrected chi connectivity index (χ1v) is 6.47. The summed E-state index contributed by atoms with van der Waals surface area (Å²) in [5.74, 6) is -1.80. The number of amides is 1. The summed E-state index contributed by atoms with van der Waals surface area (Å²) in [7, 11) is 0. The first kappa shape index (κ1) is 15.2. The van der Waals surface area contributed by atoms with Crippen molar-refractivity contribution in [1.29, 1.82) is 0 Å². The summed E-state index contributed by atoms with van der Waals surface area (Å²) >= 11 is 11.7. The molecule has 0 aliphatic carbocycles. The molecule has 2 rings (SSSR count). The van der Waals surface area contributed by atoms with E-state index in [0.29, 0.717) is 0 Å². The Morgan fingerprint density at radius 2 is 1.67 bits per heavy atom. The lowest BCUT2D eigenvalue weighted by Crippen LogP contribution is -2.15. The van der Waals surface area contributed by atoms with Gasteiger partial charge in [-0.15, -0.1) is 0 Å². The highest BCUT2D eigenvalue weighted by molar-refractivity contribution is 6.38. The van der Waals surface area contributed by atoms with Gasteiger partial charge >= 0.3 is 5.97 Å². The van der Waals surface area contributed by atoms with Crippen LogP contribution in [0.5, 0.6) is 5.75 Å². The number of carboxylic acid groups (broad SMARTS) is 1. The molecule has 0 saturated heterocycles. The van der Waals surface area contributed by atoms with E-state index in [-0.39, 0.29) is 32.6 Å². The molecule has 0 spiro atoms. The molecular formula is C14H9Cl2NO4. The molecule has 0 heterocycles. The fourth-order valence-electron chi connectivity index (χ4n) is 1.67. The zero-order valence-electron chi connectivity index (χ0n) is 10.4. The standard InChI is InChI=1S/C14H9Cl2NO4/c15-8-5-10(14(20)21)12(11(16)6-8)17-13(19)7-1-3-9(18)4-2-7/h1-6,18H,(H,17,19)(H,20,21). The van der Waals surface area contributed by atoms with Gasteiger partial charge in [-0.1, -0.05) is 23.2 Å². The number of phenolic OH excluding ortho intramolecular Hbond substituents is 1. The van der Waals surface area contributed by atoms with E-state index >= 15 is 0 Å². The number of rotatable bonds is 3. The number of hydrogen-bond acceptors (Lipinski definition) is 3. The van der Waals surface area contributed by atoms with Gasteiger partial charge in [0.15, 0.2) is 0 Å². The lowest BCUT2D eigenvalue weighted by atomic mass is 10.1. The number of halogens is 2. The maximum Gasteiger partial charge on any atom is 0.337 e. The topological polar surface area (TPSA) is 86.6 Å². The van der Waals surface area contributed by atoms with Gasteiger partial charge < -0.3 is 15.5 Å². The number of phenols is 1. The van der Waals surface area contributed by atoms with Gasteiger partial charge in [-0.2, -0.15) is 0 Å². The fourth-order valence-corrected chi connectivity index (χ4v) is 2.21. The quantitative estimate of drug-likeness (QED) is 0.803. The summed E-state index contributed by atoms with van der Waals surface area (Å²) < 4.78 is 0. The highest BCUT2D eigenvalue weighted by Gasteiger charge is 2.18. The van der Waals surface area contributed by atoms with E-state index in [1.807, 2.05) is 0 Å². The van der Waals surface area contributed by atoms with Gasteiger partial charge in [0.1, 0.15) is 5.75 Å². The van der Waals surface area contributed by atoms with Crippen molar-refractivity contribution in [2.45, 2.75) is 0 Å². The van der Waals surface area contributed by atoms with Crippen LogP contribution in [0.4, 0.5) is 5.69 Å². The molecule has 0 unspecified atom stereocenters. The molecular weight excluding hydrogens is 317 g/mol. The van der Waals surface area contributed by atoms with E-state index in [0.717, 1.165) is 0 Å². The Bertz CT molecular complexity index is 714. The van der Waals surface area contributed by atoms with Crippen LogP contribution in [0, 0.1) is 0 Å². The first-order chi connectivity index (χ1) is 9.88. The van der Waals surface area contributed by atoms with Crippen LogP contribution in [0.1, 0.15) is 20.7 Å². The summed E-state index contributed by atoms with van der Waals surface area (Å²) in [6, 6.07) is 8.01. The predicted molar refractivity (Wildman–Crippen MR) is 79.5 cm³/mol. The van der Waals surface area contributed by atoms with Crippen molar-refractivity contribution in [2.75, 3.05) is 5.32 Å². The fraction of sp³-hybridized carbons (Fsp3) is 0. The number of carbonyl (C=O) groups excluding carboxylic acids is 1. The molecule has 3 N–H and O–H groups in total. The van der Waals surface area contributed by atoms with Gasteiger partial charge in [0.05, 0.1) is 16.3 Å². The summed E-state index contributed by atoms with van der Waals surface area (Å²) in [5, 5.41) is 20.9. The normalized spacial score (nSPS) is 10.2. The number of nitrogens with one attached hydrogen (secondary N) is 1. The largest absolute Gasteiger partial charge is 0.508 e. The summed E-state index contributed by atoms with van der Waals surface area (Å²) in [5.41, 5.74) is 0.00132. The maximum absolute atomic E-state index is 12.1. The van der Waals surface area contributed by atoms with Gasteiger partial charge in [-0.3, -0.25) is 4.79 Å². The van der Waals surface area contributed by atoms with Crippen LogP contribution < -0.4 is 5.32 Å². The van der Waals surface area contributed by atoms with Crippen LogP contribution >= 0.6 is 23.2 Å². The minimum atomic E-state index is -1.26. The lowest BCUT2D eigenvalue weighted by molar-refractivity contribution is 0.0698. The van der Waals surface area contributed by atoms with Crippen LogP contribution in [0.3, 0.4) is 0 Å².